The van der Waals surface area contributed by atoms with Crippen LogP contribution in [0.25, 0.3) is 0 Å². The molecule has 1 aromatic rings. The molecule has 0 aliphatic carbocycles. The van der Waals surface area contributed by atoms with Gasteiger partial charge in [0.05, 0.1) is 6.21 Å². The van der Waals surface area contributed by atoms with E-state index in [2.05, 4.69) is 5.16 Å². The molecular formula is C8H9N3O. The van der Waals surface area contributed by atoms with Gasteiger partial charge < -0.3 is 10.9 Å². The Morgan fingerprint density at radius 3 is 2.42 bits per heavy atom. The van der Waals surface area contributed by atoms with Gasteiger partial charge in [0.15, 0.2) is 0 Å². The van der Waals surface area contributed by atoms with Gasteiger partial charge in [-0.2, -0.15) is 0 Å². The number of hydrogen-bond donors (Lipinski definition) is 3. The van der Waals surface area contributed by atoms with Gasteiger partial charge in [-0.1, -0.05) is 29.4 Å². The number of nitrogen functional groups attached to an aromatic ring is 1. The highest BCUT2D eigenvalue weighted by atomic mass is 16.4. The Morgan fingerprint density at radius 2 is 2.00 bits per heavy atom. The molecule has 0 amide bonds. The van der Waals surface area contributed by atoms with Crippen molar-refractivity contribution in [3.05, 3.63) is 35.4 Å². The zero-order valence-corrected chi connectivity index (χ0v) is 6.36. The molecule has 62 valence electrons. The van der Waals surface area contributed by atoms with Crippen LogP contribution >= 0.6 is 0 Å². The summed E-state index contributed by atoms with van der Waals surface area (Å²) in [5.41, 5.74) is 6.66. The lowest BCUT2D eigenvalue weighted by Gasteiger charge is -1.96. The van der Waals surface area contributed by atoms with Crippen molar-refractivity contribution in [1.29, 1.82) is 5.41 Å². The second-order valence-electron chi connectivity index (χ2n) is 2.28. The molecule has 12 heavy (non-hydrogen) atoms. The van der Waals surface area contributed by atoms with E-state index in [4.69, 9.17) is 16.4 Å². The SMILES string of the molecule is N=C(N)c1ccc(C=NO)cc1. The summed E-state index contributed by atoms with van der Waals surface area (Å²) in [5.74, 6) is 0.0301. The fraction of sp³-hybridized carbons (Fsp3) is 0. The third-order valence-electron chi connectivity index (χ3n) is 1.43. The van der Waals surface area contributed by atoms with Crippen LogP contribution in [-0.2, 0) is 0 Å². The van der Waals surface area contributed by atoms with E-state index >= 15 is 0 Å². The summed E-state index contributed by atoms with van der Waals surface area (Å²) in [6.45, 7) is 0. The second kappa shape index (κ2) is 3.52. The summed E-state index contributed by atoms with van der Waals surface area (Å²) < 4.78 is 0. The molecule has 0 aliphatic heterocycles. The minimum Gasteiger partial charge on any atom is -0.411 e. The Hall–Kier alpha value is -1.84. The average Bonchev–Trinajstić information content (AvgIpc) is 2.06. The van der Waals surface area contributed by atoms with Crippen molar-refractivity contribution < 1.29 is 5.21 Å². The van der Waals surface area contributed by atoms with Crippen molar-refractivity contribution in [1.82, 2.24) is 0 Å². The molecule has 0 fully saturated rings. The highest BCUT2D eigenvalue weighted by Gasteiger charge is 1.94. The monoisotopic (exact) mass is 163 g/mol. The predicted molar refractivity (Wildman–Crippen MR) is 46.8 cm³/mol. The first-order chi connectivity index (χ1) is 5.74. The van der Waals surface area contributed by atoms with Gasteiger partial charge in [-0.3, -0.25) is 5.41 Å². The van der Waals surface area contributed by atoms with Crippen molar-refractivity contribution >= 4 is 12.1 Å². The summed E-state index contributed by atoms with van der Waals surface area (Å²) in [4.78, 5) is 0. The van der Waals surface area contributed by atoms with E-state index in [1.165, 1.54) is 6.21 Å². The van der Waals surface area contributed by atoms with Crippen molar-refractivity contribution in [2.24, 2.45) is 10.9 Å². The normalized spacial score (nSPS) is 10.3. The van der Waals surface area contributed by atoms with Crippen LogP contribution in [0.1, 0.15) is 11.1 Å². The molecular weight excluding hydrogens is 154 g/mol. The Balaban J connectivity index is 2.93. The van der Waals surface area contributed by atoms with Crippen LogP contribution in [0.3, 0.4) is 0 Å². The first-order valence-corrected chi connectivity index (χ1v) is 3.36. The van der Waals surface area contributed by atoms with Crippen molar-refractivity contribution in [2.75, 3.05) is 0 Å². The fourth-order valence-electron chi connectivity index (χ4n) is 0.815. The van der Waals surface area contributed by atoms with E-state index in [0.29, 0.717) is 5.56 Å². The van der Waals surface area contributed by atoms with E-state index in [0.717, 1.165) is 5.56 Å². The second-order valence-corrected chi connectivity index (χ2v) is 2.28. The van der Waals surface area contributed by atoms with Gasteiger partial charge >= 0.3 is 0 Å². The van der Waals surface area contributed by atoms with Crippen LogP contribution in [0.4, 0.5) is 0 Å². The zero-order valence-electron chi connectivity index (χ0n) is 6.36. The maximum Gasteiger partial charge on any atom is 0.122 e. The fourth-order valence-corrected chi connectivity index (χ4v) is 0.815. The van der Waals surface area contributed by atoms with E-state index in [1.807, 2.05) is 0 Å². The molecule has 0 saturated heterocycles. The van der Waals surface area contributed by atoms with Crippen LogP contribution in [0.5, 0.6) is 0 Å². The first-order valence-electron chi connectivity index (χ1n) is 3.36. The van der Waals surface area contributed by atoms with Gasteiger partial charge in [0.25, 0.3) is 0 Å². The highest BCUT2D eigenvalue weighted by Crippen LogP contribution is 2.00. The minimum atomic E-state index is 0.0301. The standard InChI is InChI=1S/C8H9N3O/c9-8(10)7-3-1-6(2-4-7)5-11-12/h1-5,12H,(H3,9,10). The van der Waals surface area contributed by atoms with Gasteiger partial charge in [0, 0.05) is 5.56 Å². The van der Waals surface area contributed by atoms with E-state index in [9.17, 15) is 0 Å². The number of nitrogens with one attached hydrogen (secondary N) is 1. The largest absolute Gasteiger partial charge is 0.411 e. The van der Waals surface area contributed by atoms with Gasteiger partial charge in [-0.25, -0.2) is 0 Å². The Bertz CT molecular complexity index is 303. The number of nitrogens with zero attached hydrogens (tertiary/aromatic N) is 1. The molecule has 0 radical (unpaired) electrons. The molecule has 0 spiro atoms. The van der Waals surface area contributed by atoms with Crippen molar-refractivity contribution in [2.45, 2.75) is 0 Å². The van der Waals surface area contributed by atoms with Crippen LogP contribution in [0.2, 0.25) is 0 Å². The topological polar surface area (TPSA) is 82.5 Å². The number of benzene rings is 1. The Morgan fingerprint density at radius 1 is 1.42 bits per heavy atom. The molecule has 0 aliphatic rings. The molecule has 0 bridgehead atoms. The van der Waals surface area contributed by atoms with Crippen molar-refractivity contribution in [3.8, 4) is 0 Å². The number of rotatable bonds is 2. The quantitative estimate of drug-likeness (QED) is 0.260. The van der Waals surface area contributed by atoms with Crippen molar-refractivity contribution in [3.63, 3.8) is 0 Å². The van der Waals surface area contributed by atoms with E-state index in [1.54, 1.807) is 24.3 Å². The van der Waals surface area contributed by atoms with Gasteiger partial charge in [0.2, 0.25) is 0 Å². The minimum absolute atomic E-state index is 0.0301. The first kappa shape index (κ1) is 8.26. The summed E-state index contributed by atoms with van der Waals surface area (Å²) in [6.07, 6.45) is 1.31. The molecule has 4 nitrogen and oxygen atoms in total. The lowest BCUT2D eigenvalue weighted by molar-refractivity contribution is 0.322. The molecule has 4 N–H and O–H groups in total. The Labute approximate surface area is 69.8 Å². The summed E-state index contributed by atoms with van der Waals surface area (Å²) in [7, 11) is 0. The molecule has 0 heterocycles. The lowest BCUT2D eigenvalue weighted by Crippen LogP contribution is -2.10. The molecule has 0 unspecified atom stereocenters. The summed E-state index contributed by atoms with van der Waals surface area (Å²) >= 11 is 0. The lowest BCUT2D eigenvalue weighted by atomic mass is 10.1. The molecule has 0 atom stereocenters. The number of hydrogen-bond acceptors (Lipinski definition) is 3. The van der Waals surface area contributed by atoms with E-state index in [-0.39, 0.29) is 5.84 Å². The predicted octanol–water partition coefficient (Wildman–Crippen LogP) is 0.779. The van der Waals surface area contributed by atoms with Gasteiger partial charge in [-0.05, 0) is 5.56 Å². The highest BCUT2D eigenvalue weighted by molar-refractivity contribution is 5.95. The number of oxime groups is 1. The molecule has 1 rings (SSSR count). The molecule has 4 heteroatoms. The van der Waals surface area contributed by atoms with Gasteiger partial charge in [-0.15, -0.1) is 0 Å². The van der Waals surface area contributed by atoms with Gasteiger partial charge in [0.1, 0.15) is 5.84 Å². The number of nitrogens with two attached hydrogens (primary N) is 1. The van der Waals surface area contributed by atoms with Crippen LogP contribution in [-0.4, -0.2) is 17.3 Å². The maximum atomic E-state index is 8.20. The van der Waals surface area contributed by atoms with Crippen LogP contribution in [0.15, 0.2) is 29.4 Å². The van der Waals surface area contributed by atoms with Crippen LogP contribution in [0, 0.1) is 5.41 Å². The number of amidine groups is 1. The summed E-state index contributed by atoms with van der Waals surface area (Å²) in [6, 6.07) is 6.82. The average molecular weight is 163 g/mol. The maximum absolute atomic E-state index is 8.20. The molecule has 0 aromatic heterocycles. The molecule has 1 aromatic carbocycles. The Kier molecular flexibility index (Phi) is 2.42. The molecule has 0 saturated carbocycles. The summed E-state index contributed by atoms with van der Waals surface area (Å²) in [5, 5.41) is 18.2. The van der Waals surface area contributed by atoms with Crippen LogP contribution < -0.4 is 5.73 Å². The smallest absolute Gasteiger partial charge is 0.122 e. The van der Waals surface area contributed by atoms with E-state index < -0.39 is 0 Å². The zero-order chi connectivity index (χ0) is 8.97. The third kappa shape index (κ3) is 1.82. The third-order valence-corrected chi connectivity index (χ3v) is 1.43.